The van der Waals surface area contributed by atoms with E-state index in [-0.39, 0.29) is 21.4 Å². The lowest BCUT2D eigenvalue weighted by Gasteiger charge is -2.08. The Labute approximate surface area is 227 Å². The summed E-state index contributed by atoms with van der Waals surface area (Å²) in [5.74, 6) is 2.27. The molecule has 3 heterocycles. The summed E-state index contributed by atoms with van der Waals surface area (Å²) in [6, 6.07) is 2.21. The van der Waals surface area contributed by atoms with Crippen LogP contribution in [0.1, 0.15) is 54.7 Å². The highest BCUT2D eigenvalue weighted by Gasteiger charge is 2.24. The molecule has 0 aromatic carbocycles. The van der Waals surface area contributed by atoms with E-state index in [9.17, 15) is 13.9 Å². The second-order valence-corrected chi connectivity index (χ2v) is 9.42. The van der Waals surface area contributed by atoms with Gasteiger partial charge in [-0.25, -0.2) is 18.7 Å². The summed E-state index contributed by atoms with van der Waals surface area (Å²) in [4.78, 5) is 9.79. The van der Waals surface area contributed by atoms with Gasteiger partial charge in [0.1, 0.15) is 39.8 Å². The van der Waals surface area contributed by atoms with Crippen molar-refractivity contribution >= 4 is 23.2 Å². The third kappa shape index (κ3) is 9.20. The second kappa shape index (κ2) is 14.0. The molecular formula is C24H24Cl2F2N8O2. The molecule has 0 bridgehead atoms. The second-order valence-electron chi connectivity index (χ2n) is 8.70. The highest BCUT2D eigenvalue weighted by Crippen LogP contribution is 2.31. The van der Waals surface area contributed by atoms with Crippen molar-refractivity contribution in [2.24, 2.45) is 17.0 Å². The number of nitrogens with zero attached hydrogens (tertiary/aromatic N) is 8. The van der Waals surface area contributed by atoms with Crippen molar-refractivity contribution < 1.29 is 19.0 Å². The Morgan fingerprint density at radius 2 is 1.66 bits per heavy atom. The molecule has 2 saturated carbocycles. The van der Waals surface area contributed by atoms with Gasteiger partial charge in [0.25, 0.3) is 0 Å². The van der Waals surface area contributed by atoms with Crippen molar-refractivity contribution in [2.75, 3.05) is 6.54 Å². The van der Waals surface area contributed by atoms with E-state index < -0.39 is 23.8 Å². The number of aliphatic hydroxyl groups excluding tert-OH is 2. The normalized spacial score (nSPS) is 15.5. The van der Waals surface area contributed by atoms with E-state index in [4.69, 9.17) is 40.3 Å². The van der Waals surface area contributed by atoms with Gasteiger partial charge >= 0.3 is 0 Å². The molecule has 14 heteroatoms. The number of terminal acetylenes is 1. The van der Waals surface area contributed by atoms with E-state index in [1.54, 1.807) is 10.9 Å². The SMILES string of the molecule is C#CC(O)c1cc(F)cnc1Cl.OC(c1cn(CC2CC2)nn1)c1cc(F)cnc1Cl.[N-]=[N+]=NCC1CC1. The first kappa shape index (κ1) is 29.2. The van der Waals surface area contributed by atoms with Gasteiger partial charge in [0.2, 0.25) is 0 Å². The van der Waals surface area contributed by atoms with Crippen molar-refractivity contribution in [3.63, 3.8) is 0 Å². The quantitative estimate of drug-likeness (QED) is 0.132. The number of hydrogen-bond acceptors (Lipinski definition) is 7. The van der Waals surface area contributed by atoms with Gasteiger partial charge < -0.3 is 10.2 Å². The standard InChI is InChI=1S/C12H12ClFN4O.C8H5ClFNO.C4H7N3/c13-12-9(3-8(14)4-15-12)11(19)10-6-18(17-16-10)5-7-1-2-7;1-2-7(12)6-3-5(10)4-11-8(6)9;5-7-6-3-4-1-2-4/h3-4,6-7,11,19H,1-2,5H2;1,3-4,7,12H;4H,1-3H2. The van der Waals surface area contributed by atoms with E-state index >= 15 is 0 Å². The third-order valence-electron chi connectivity index (χ3n) is 5.49. The summed E-state index contributed by atoms with van der Waals surface area (Å²) in [5, 5.41) is 30.6. The summed E-state index contributed by atoms with van der Waals surface area (Å²) in [5.41, 5.74) is 8.45. The van der Waals surface area contributed by atoms with Crippen LogP contribution >= 0.6 is 23.2 Å². The molecule has 2 N–H and O–H groups in total. The fraction of sp³-hybridized carbons (Fsp3) is 0.417. The van der Waals surface area contributed by atoms with Crippen LogP contribution < -0.4 is 0 Å². The maximum absolute atomic E-state index is 13.1. The van der Waals surface area contributed by atoms with Crippen LogP contribution in [0.4, 0.5) is 8.78 Å². The minimum atomic E-state index is -1.21. The van der Waals surface area contributed by atoms with Gasteiger partial charge in [-0.05, 0) is 42.3 Å². The Morgan fingerprint density at radius 1 is 1.08 bits per heavy atom. The zero-order valence-electron chi connectivity index (χ0n) is 20.0. The summed E-state index contributed by atoms with van der Waals surface area (Å²) < 4.78 is 27.4. The number of halogens is 4. The summed E-state index contributed by atoms with van der Waals surface area (Å²) >= 11 is 11.4. The molecule has 200 valence electrons. The monoisotopic (exact) mass is 564 g/mol. The van der Waals surface area contributed by atoms with Gasteiger partial charge in [0, 0.05) is 29.1 Å². The van der Waals surface area contributed by atoms with Crippen LogP contribution in [0.3, 0.4) is 0 Å². The maximum atomic E-state index is 13.1. The molecule has 0 radical (unpaired) electrons. The Kier molecular flexibility index (Phi) is 10.8. The first-order chi connectivity index (χ1) is 18.2. The van der Waals surface area contributed by atoms with E-state index in [0.717, 1.165) is 43.5 Å². The molecule has 10 nitrogen and oxygen atoms in total. The Bertz CT molecular complexity index is 1320. The van der Waals surface area contributed by atoms with Gasteiger partial charge in [0.05, 0.1) is 18.6 Å². The Hall–Kier alpha value is -3.33. The number of pyridine rings is 2. The molecular weight excluding hydrogens is 541 g/mol. The lowest BCUT2D eigenvalue weighted by Crippen LogP contribution is -2.03. The minimum Gasteiger partial charge on any atom is -0.382 e. The molecule has 2 fully saturated rings. The number of aromatic nitrogens is 5. The molecule has 0 aliphatic heterocycles. The van der Waals surface area contributed by atoms with E-state index in [2.05, 4.69) is 30.3 Å². The van der Waals surface area contributed by atoms with Gasteiger partial charge in [-0.1, -0.05) is 52.3 Å². The summed E-state index contributed by atoms with van der Waals surface area (Å²) in [7, 11) is 0. The molecule has 0 amide bonds. The molecule has 2 atom stereocenters. The Morgan fingerprint density at radius 3 is 2.21 bits per heavy atom. The molecule has 0 saturated heterocycles. The molecule has 3 aromatic rings. The maximum Gasteiger partial charge on any atom is 0.143 e. The van der Waals surface area contributed by atoms with Gasteiger partial charge in [0.15, 0.2) is 0 Å². The molecule has 5 rings (SSSR count). The number of azide groups is 1. The van der Waals surface area contributed by atoms with E-state index in [1.165, 1.54) is 25.7 Å². The first-order valence-corrected chi connectivity index (χ1v) is 12.3. The number of aliphatic hydroxyl groups is 2. The zero-order chi connectivity index (χ0) is 27.7. The topological polar surface area (TPSA) is 146 Å². The lowest BCUT2D eigenvalue weighted by molar-refractivity contribution is 0.214. The van der Waals surface area contributed by atoms with Crippen molar-refractivity contribution in [3.05, 3.63) is 79.9 Å². The van der Waals surface area contributed by atoms with Gasteiger partial charge in [-0.15, -0.1) is 11.5 Å². The summed E-state index contributed by atoms with van der Waals surface area (Å²) in [6.07, 6.45) is 11.1. The predicted molar refractivity (Wildman–Crippen MR) is 136 cm³/mol. The Balaban J connectivity index is 0.000000179. The van der Waals surface area contributed by atoms with E-state index in [0.29, 0.717) is 11.6 Å². The van der Waals surface area contributed by atoms with Crippen molar-refractivity contribution in [2.45, 2.75) is 44.4 Å². The van der Waals surface area contributed by atoms with Crippen LogP contribution in [0.2, 0.25) is 10.3 Å². The average molecular weight is 565 g/mol. The van der Waals surface area contributed by atoms with Gasteiger partial charge in [-0.2, -0.15) is 0 Å². The molecule has 2 aliphatic rings. The fourth-order valence-electron chi connectivity index (χ4n) is 3.05. The van der Waals surface area contributed by atoms with Crippen LogP contribution in [0, 0.1) is 35.8 Å². The smallest absolute Gasteiger partial charge is 0.143 e. The van der Waals surface area contributed by atoms with Crippen LogP contribution in [0.25, 0.3) is 10.4 Å². The van der Waals surface area contributed by atoms with Crippen LogP contribution in [-0.2, 0) is 6.54 Å². The molecule has 2 aliphatic carbocycles. The molecule has 0 spiro atoms. The van der Waals surface area contributed by atoms with Crippen molar-refractivity contribution in [3.8, 4) is 12.3 Å². The highest BCUT2D eigenvalue weighted by molar-refractivity contribution is 6.30. The lowest BCUT2D eigenvalue weighted by atomic mass is 10.1. The van der Waals surface area contributed by atoms with Crippen molar-refractivity contribution in [1.82, 2.24) is 25.0 Å². The minimum absolute atomic E-state index is 0.0156. The molecule has 38 heavy (non-hydrogen) atoms. The highest BCUT2D eigenvalue weighted by atomic mass is 35.5. The molecule has 2 unspecified atom stereocenters. The van der Waals surface area contributed by atoms with Crippen molar-refractivity contribution in [1.29, 1.82) is 0 Å². The third-order valence-corrected chi connectivity index (χ3v) is 6.12. The van der Waals surface area contributed by atoms with Crippen LogP contribution in [0.5, 0.6) is 0 Å². The zero-order valence-corrected chi connectivity index (χ0v) is 21.5. The number of rotatable bonds is 7. The molecule has 3 aromatic heterocycles. The largest absolute Gasteiger partial charge is 0.382 e. The first-order valence-electron chi connectivity index (χ1n) is 11.6. The summed E-state index contributed by atoms with van der Waals surface area (Å²) in [6.45, 7) is 1.52. The average Bonchev–Trinajstić information content (AvgIpc) is 3.85. The number of hydrogen-bond donors (Lipinski definition) is 2. The van der Waals surface area contributed by atoms with Crippen LogP contribution in [0.15, 0.2) is 35.8 Å². The predicted octanol–water partition coefficient (Wildman–Crippen LogP) is 5.20. The van der Waals surface area contributed by atoms with E-state index in [1.807, 2.05) is 5.92 Å². The fourth-order valence-corrected chi connectivity index (χ4v) is 3.47. The van der Waals surface area contributed by atoms with Gasteiger partial charge in [-0.3, -0.25) is 4.68 Å². The van der Waals surface area contributed by atoms with Crippen LogP contribution in [-0.4, -0.2) is 41.7 Å².